The summed E-state index contributed by atoms with van der Waals surface area (Å²) < 4.78 is 64.6. The van der Waals surface area contributed by atoms with Crippen molar-refractivity contribution in [2.45, 2.75) is 19.4 Å². The number of ketones is 2. The number of aromatic nitrogens is 1. The smallest absolute Gasteiger partial charge is 0.295 e. The summed E-state index contributed by atoms with van der Waals surface area (Å²) in [5.41, 5.74) is -8.68. The van der Waals surface area contributed by atoms with Crippen LogP contribution in [-0.4, -0.2) is 30.2 Å². The van der Waals surface area contributed by atoms with Crippen molar-refractivity contribution in [3.8, 4) is 0 Å². The number of halogens is 3. The minimum absolute atomic E-state index is 0.0559. The van der Waals surface area contributed by atoms with E-state index < -0.39 is 53.8 Å². The van der Waals surface area contributed by atoms with E-state index in [-0.39, 0.29) is 21.9 Å². The fourth-order valence-corrected chi connectivity index (χ4v) is 3.28. The number of hydrogen-bond donors (Lipinski definition) is 0. The van der Waals surface area contributed by atoms with Gasteiger partial charge in [-0.25, -0.2) is 0 Å². The van der Waals surface area contributed by atoms with Crippen molar-refractivity contribution in [2.75, 3.05) is 0 Å². The van der Waals surface area contributed by atoms with Crippen molar-refractivity contribution in [1.29, 1.82) is 0 Å². The summed E-state index contributed by atoms with van der Waals surface area (Å²) in [4.78, 5) is 49.2. The van der Waals surface area contributed by atoms with Crippen LogP contribution in [0.5, 0.6) is 0 Å². The molecule has 0 unspecified atom stereocenters. The van der Waals surface area contributed by atoms with Crippen molar-refractivity contribution in [1.82, 2.24) is 4.73 Å². The van der Waals surface area contributed by atoms with Crippen molar-refractivity contribution < 1.29 is 35.5 Å². The van der Waals surface area contributed by atoms with Crippen LogP contribution in [0.15, 0.2) is 46.0 Å². The van der Waals surface area contributed by atoms with Crippen molar-refractivity contribution >= 4 is 43.2 Å². The van der Waals surface area contributed by atoms with Gasteiger partial charge in [-0.2, -0.15) is 21.6 Å². The Kier molecular flexibility index (Phi) is 5.22. The third kappa shape index (κ3) is 3.81. The van der Waals surface area contributed by atoms with E-state index in [9.17, 15) is 40.8 Å². The molecule has 0 N–H and O–H groups in total. The summed E-state index contributed by atoms with van der Waals surface area (Å²) in [5, 5.41) is -0.926. The highest BCUT2D eigenvalue weighted by atomic mass is 32.2. The molecular formula is C19H12F3NO7S. The summed E-state index contributed by atoms with van der Waals surface area (Å²) in [5.74, 6) is -0.828. The van der Waals surface area contributed by atoms with Crippen LogP contribution in [0.1, 0.15) is 34.6 Å². The number of hydrogen-bond acceptors (Lipinski definition) is 7. The second-order valence-corrected chi connectivity index (χ2v) is 8.03. The number of benzene rings is 2. The lowest BCUT2D eigenvalue weighted by Gasteiger charge is -2.08. The third-order valence-corrected chi connectivity index (χ3v) is 5.34. The molecule has 0 aliphatic carbocycles. The lowest BCUT2D eigenvalue weighted by atomic mass is 10.0. The molecule has 1 aromatic heterocycles. The maximum absolute atomic E-state index is 12.8. The van der Waals surface area contributed by atoms with Gasteiger partial charge in [0.25, 0.3) is 11.1 Å². The zero-order chi connectivity index (χ0) is 23.3. The summed E-state index contributed by atoms with van der Waals surface area (Å²) in [6.07, 6.45) is 0. The minimum atomic E-state index is -6.35. The van der Waals surface area contributed by atoms with E-state index in [1.54, 1.807) is 0 Å². The average molecular weight is 455 g/mol. The van der Waals surface area contributed by atoms with Crippen molar-refractivity contribution in [3.05, 3.63) is 68.2 Å². The molecule has 162 valence electrons. The molecule has 1 heterocycles. The van der Waals surface area contributed by atoms with E-state index in [0.717, 1.165) is 12.1 Å². The first-order chi connectivity index (χ1) is 14.2. The summed E-state index contributed by atoms with van der Waals surface area (Å²) in [6, 6.07) is 6.89. The van der Waals surface area contributed by atoms with Crippen molar-refractivity contribution in [3.63, 3.8) is 0 Å². The molecule has 0 aliphatic rings. The Morgan fingerprint density at radius 1 is 0.806 bits per heavy atom. The number of carbonyl (C=O) groups is 2. The van der Waals surface area contributed by atoms with Crippen LogP contribution in [0.4, 0.5) is 13.2 Å². The molecule has 0 amide bonds. The molecule has 0 saturated carbocycles. The molecule has 0 aliphatic heterocycles. The Balaban J connectivity index is 2.60. The van der Waals surface area contributed by atoms with Crippen LogP contribution in [-0.2, 0) is 10.1 Å². The fourth-order valence-electron chi connectivity index (χ4n) is 2.86. The van der Waals surface area contributed by atoms with E-state index in [2.05, 4.69) is 4.28 Å². The quantitative estimate of drug-likeness (QED) is 0.437. The van der Waals surface area contributed by atoms with Gasteiger partial charge in [0, 0.05) is 11.1 Å². The highest BCUT2D eigenvalue weighted by Crippen LogP contribution is 2.25. The fraction of sp³-hybridized carbons (Fsp3) is 0.158. The summed E-state index contributed by atoms with van der Waals surface area (Å²) in [6.45, 7) is 2.45. The van der Waals surface area contributed by atoms with Gasteiger partial charge in [-0.3, -0.25) is 23.5 Å². The number of Topliss-reactive ketones (excluding diaryl/α,β-unsaturated/α-hetero) is 2. The van der Waals surface area contributed by atoms with E-state index in [1.807, 2.05) is 0 Å². The van der Waals surface area contributed by atoms with Crippen LogP contribution in [0.3, 0.4) is 0 Å². The largest absolute Gasteiger partial charge is 0.536 e. The van der Waals surface area contributed by atoms with Crippen LogP contribution in [0, 0.1) is 0 Å². The van der Waals surface area contributed by atoms with Gasteiger partial charge in [-0.05, 0) is 48.9 Å². The van der Waals surface area contributed by atoms with Crippen LogP contribution in [0.25, 0.3) is 21.5 Å². The van der Waals surface area contributed by atoms with E-state index in [1.165, 1.54) is 38.1 Å². The normalized spacial score (nSPS) is 12.2. The average Bonchev–Trinajstić information content (AvgIpc) is 2.76. The van der Waals surface area contributed by atoms with Gasteiger partial charge in [-0.15, -0.1) is 0 Å². The maximum Gasteiger partial charge on any atom is 0.536 e. The first-order valence-corrected chi connectivity index (χ1v) is 9.85. The second-order valence-electron chi connectivity index (χ2n) is 6.51. The maximum atomic E-state index is 12.8. The predicted octanol–water partition coefficient (Wildman–Crippen LogP) is 2.20. The Bertz CT molecular complexity index is 1420. The topological polar surface area (TPSA) is 117 Å². The van der Waals surface area contributed by atoms with Gasteiger partial charge in [0.15, 0.2) is 11.6 Å². The molecule has 2 aromatic carbocycles. The summed E-state index contributed by atoms with van der Waals surface area (Å²) >= 11 is 0. The molecule has 0 saturated heterocycles. The molecule has 8 nitrogen and oxygen atoms in total. The number of rotatable bonds is 4. The lowest BCUT2D eigenvalue weighted by Crippen LogP contribution is -2.43. The van der Waals surface area contributed by atoms with E-state index >= 15 is 0 Å². The van der Waals surface area contributed by atoms with Crippen LogP contribution < -0.4 is 15.4 Å². The predicted molar refractivity (Wildman–Crippen MR) is 104 cm³/mol. The van der Waals surface area contributed by atoms with E-state index in [0.29, 0.717) is 0 Å². The molecule has 12 heteroatoms. The highest BCUT2D eigenvalue weighted by Gasteiger charge is 2.49. The molecule has 0 radical (unpaired) electrons. The zero-order valence-electron chi connectivity index (χ0n) is 15.8. The highest BCUT2D eigenvalue weighted by molar-refractivity contribution is 7.87. The lowest BCUT2D eigenvalue weighted by molar-refractivity contribution is -0.0551. The number of alkyl halides is 3. The van der Waals surface area contributed by atoms with Gasteiger partial charge in [0.2, 0.25) is 0 Å². The van der Waals surface area contributed by atoms with Crippen molar-refractivity contribution in [2.24, 2.45) is 0 Å². The molecule has 0 atom stereocenters. The first kappa shape index (κ1) is 22.2. The first-order valence-electron chi connectivity index (χ1n) is 8.44. The van der Waals surface area contributed by atoms with Crippen LogP contribution in [0.2, 0.25) is 0 Å². The van der Waals surface area contributed by atoms with Gasteiger partial charge in [0.05, 0.1) is 10.8 Å². The molecule has 0 bridgehead atoms. The molecule has 3 rings (SSSR count). The number of fused-ring (bicyclic) bond motifs is 3. The molecule has 0 spiro atoms. The molecular weight excluding hydrogens is 443 g/mol. The number of nitrogens with zero attached hydrogens (tertiary/aromatic N) is 1. The standard InChI is InChI=1S/C19H12F3NO7S/c1-9(24)11-3-5-13-15(7-11)16-8-12(10(2)25)4-6-14(16)18(27)23(17(13)26)30-31(28,29)19(20,21)22/h3-8H,1-2H3. The Hall–Kier alpha value is -3.54. The Morgan fingerprint density at radius 3 is 1.52 bits per heavy atom. The molecule has 31 heavy (non-hydrogen) atoms. The molecule has 0 fully saturated rings. The van der Waals surface area contributed by atoms with Gasteiger partial charge in [0.1, 0.15) is 0 Å². The SMILES string of the molecule is CC(=O)c1ccc2c(=O)n(OS(=O)(=O)C(F)(F)F)c(=O)c3ccc(C(C)=O)cc3c2c1. The second kappa shape index (κ2) is 7.30. The Labute approximate surface area is 171 Å². The molecule has 3 aromatic rings. The minimum Gasteiger partial charge on any atom is -0.295 e. The van der Waals surface area contributed by atoms with Crippen LogP contribution >= 0.6 is 0 Å². The van der Waals surface area contributed by atoms with Gasteiger partial charge in [-0.1, -0.05) is 16.9 Å². The zero-order valence-corrected chi connectivity index (χ0v) is 16.6. The van der Waals surface area contributed by atoms with Gasteiger partial charge < -0.3 is 0 Å². The third-order valence-electron chi connectivity index (χ3n) is 4.43. The Morgan fingerprint density at radius 2 is 1.19 bits per heavy atom. The van der Waals surface area contributed by atoms with Gasteiger partial charge >= 0.3 is 15.6 Å². The monoisotopic (exact) mass is 455 g/mol. The van der Waals surface area contributed by atoms with E-state index in [4.69, 9.17) is 0 Å². The number of carbonyl (C=O) groups excluding carboxylic acids is 2. The summed E-state index contributed by atoms with van der Waals surface area (Å²) in [7, 11) is -6.35.